The Morgan fingerprint density at radius 3 is 2.02 bits per heavy atom. The first kappa shape index (κ1) is 41.1. The van der Waals surface area contributed by atoms with Crippen LogP contribution in [0.2, 0.25) is 0 Å². The maximum atomic E-state index is 12.8. The number of carbonyl (C=O) groups is 2. The lowest BCUT2D eigenvalue weighted by Gasteiger charge is -2.27. The van der Waals surface area contributed by atoms with Crippen LogP contribution in [0.3, 0.4) is 0 Å². The highest BCUT2D eigenvalue weighted by Crippen LogP contribution is 2.43. The van der Waals surface area contributed by atoms with E-state index < -0.39 is 0 Å². The standard InChI is InChI=1S/C42H49N4O7S.ClH/c1-28-8-14-34-38(22-28)51-18-19-52-39-23-29(9-15-35(39)46(27-41(48)50-7)17-21-54-20-16-45(34)26-40(47)49-6)42-32-12-10-30(43(2)3)24-36(32)53-37-25-31(44(4)5)11-13-33(37)42;/h8-15,22-25H,16-21,26-27H2,1-7H3;1H/q+1;/p-1. The predicted molar refractivity (Wildman–Crippen MR) is 218 cm³/mol. The molecule has 0 N–H and O–H groups in total. The van der Waals surface area contributed by atoms with Gasteiger partial charge in [-0.15, -0.1) is 0 Å². The normalized spacial score (nSPS) is 13.6. The van der Waals surface area contributed by atoms with E-state index in [0.717, 1.165) is 72.9 Å². The van der Waals surface area contributed by atoms with Crippen LogP contribution in [0.25, 0.3) is 33.4 Å². The summed E-state index contributed by atoms with van der Waals surface area (Å²) in [6.45, 7) is 3.80. The van der Waals surface area contributed by atoms with E-state index in [-0.39, 0.29) is 50.6 Å². The molecule has 0 aromatic heterocycles. The highest BCUT2D eigenvalue weighted by molar-refractivity contribution is 7.99. The van der Waals surface area contributed by atoms with Gasteiger partial charge in [0.15, 0.2) is 0 Å². The van der Waals surface area contributed by atoms with Crippen LogP contribution in [-0.4, -0.2) is 105 Å². The van der Waals surface area contributed by atoms with Gasteiger partial charge in [0.05, 0.1) is 31.7 Å². The number of methoxy groups -OCH3 is 2. The molecule has 3 aromatic carbocycles. The summed E-state index contributed by atoms with van der Waals surface area (Å²) in [6, 6.07) is 24.7. The molecule has 0 unspecified atom stereocenters. The molecule has 0 bridgehead atoms. The molecule has 3 aliphatic rings. The number of hydrogen-bond donors (Lipinski definition) is 0. The van der Waals surface area contributed by atoms with Crippen molar-refractivity contribution in [3.8, 4) is 33.9 Å². The Hall–Kier alpha value is -5.07. The second-order valence-corrected chi connectivity index (χ2v) is 14.8. The van der Waals surface area contributed by atoms with Gasteiger partial charge in [-0.1, -0.05) is 12.1 Å². The van der Waals surface area contributed by atoms with E-state index in [0.29, 0.717) is 24.6 Å². The summed E-state index contributed by atoms with van der Waals surface area (Å²) in [5, 5.41) is 2.00. The van der Waals surface area contributed by atoms with Crippen molar-refractivity contribution in [2.45, 2.75) is 6.92 Å². The number of benzene rings is 4. The van der Waals surface area contributed by atoms with Gasteiger partial charge in [0, 0.05) is 73.0 Å². The molecule has 2 heterocycles. The first-order valence-electron chi connectivity index (χ1n) is 18.0. The zero-order valence-electron chi connectivity index (χ0n) is 32.5. The minimum absolute atomic E-state index is 0. The minimum Gasteiger partial charge on any atom is -1.00 e. The topological polar surface area (TPSA) is 96.9 Å². The molecule has 0 radical (unpaired) electrons. The number of fused-ring (bicyclic) bond motifs is 4. The SMILES string of the molecule is COC(=O)CN1CCSCCN(CC(=O)OC)c2ccc(-c3c4ccc(=[N+](C)C)cc-4oc4cc(N(C)C)ccc34)cc2OCCOc2cc(C)ccc21.[Cl-]. The second-order valence-electron chi connectivity index (χ2n) is 13.6. The number of halogens is 1. The Labute approximate surface area is 333 Å². The van der Waals surface area contributed by atoms with Gasteiger partial charge in [-0.3, -0.25) is 9.59 Å². The van der Waals surface area contributed by atoms with Crippen molar-refractivity contribution in [2.24, 2.45) is 0 Å². The van der Waals surface area contributed by atoms with Crippen LogP contribution in [0.1, 0.15) is 5.56 Å². The largest absolute Gasteiger partial charge is 1.00 e. The molecule has 0 saturated carbocycles. The van der Waals surface area contributed by atoms with Crippen LogP contribution in [0, 0.1) is 6.92 Å². The van der Waals surface area contributed by atoms with E-state index in [4.69, 9.17) is 23.4 Å². The van der Waals surface area contributed by atoms with Crippen molar-refractivity contribution < 1.29 is 45.4 Å². The van der Waals surface area contributed by atoms with E-state index in [1.807, 2.05) is 69.2 Å². The highest BCUT2D eigenvalue weighted by atomic mass is 35.5. The van der Waals surface area contributed by atoms with Crippen molar-refractivity contribution in [3.63, 3.8) is 0 Å². The van der Waals surface area contributed by atoms with Crippen LogP contribution in [-0.2, 0) is 19.1 Å². The highest BCUT2D eigenvalue weighted by Gasteiger charge is 2.23. The third-order valence-corrected chi connectivity index (χ3v) is 10.4. The number of nitrogens with zero attached hydrogens (tertiary/aromatic N) is 4. The molecule has 2 aliphatic heterocycles. The third kappa shape index (κ3) is 9.60. The molecule has 1 aliphatic carbocycles. The average molecular weight is 789 g/mol. The Morgan fingerprint density at radius 1 is 0.800 bits per heavy atom. The fourth-order valence-corrected chi connectivity index (χ4v) is 7.45. The zero-order chi connectivity index (χ0) is 38.4. The first-order valence-corrected chi connectivity index (χ1v) is 19.1. The van der Waals surface area contributed by atoms with Crippen LogP contribution < -0.4 is 46.5 Å². The van der Waals surface area contributed by atoms with Gasteiger partial charge < -0.3 is 50.5 Å². The number of rotatable bonds is 6. The molecule has 0 saturated heterocycles. The van der Waals surface area contributed by atoms with Gasteiger partial charge in [-0.05, 0) is 60.5 Å². The van der Waals surface area contributed by atoms with Crippen LogP contribution in [0.15, 0.2) is 77.2 Å². The van der Waals surface area contributed by atoms with E-state index >= 15 is 0 Å². The average Bonchev–Trinajstić information content (AvgIpc) is 3.17. The Kier molecular flexibility index (Phi) is 13.8. The fourth-order valence-electron chi connectivity index (χ4n) is 6.54. The van der Waals surface area contributed by atoms with Crippen LogP contribution in [0.4, 0.5) is 17.1 Å². The molecule has 13 heteroatoms. The molecular formula is C42H49ClN4O7S. The lowest BCUT2D eigenvalue weighted by atomic mass is 9.93. The molecule has 292 valence electrons. The second kappa shape index (κ2) is 18.5. The quantitative estimate of drug-likeness (QED) is 0.145. The lowest BCUT2D eigenvalue weighted by molar-refractivity contribution is -0.139. The van der Waals surface area contributed by atoms with Crippen molar-refractivity contribution in [1.29, 1.82) is 0 Å². The third-order valence-electron chi connectivity index (χ3n) is 9.47. The summed E-state index contributed by atoms with van der Waals surface area (Å²) < 4.78 is 31.8. The summed E-state index contributed by atoms with van der Waals surface area (Å²) in [5.74, 6) is 2.85. The lowest BCUT2D eigenvalue weighted by Crippen LogP contribution is -3.00. The molecular weight excluding hydrogens is 740 g/mol. The fraction of sp³-hybridized carbons (Fsp3) is 0.357. The summed E-state index contributed by atoms with van der Waals surface area (Å²) >= 11 is 1.74. The number of hydrogen-bond acceptors (Lipinski definition) is 11. The maximum Gasteiger partial charge on any atom is 0.325 e. The van der Waals surface area contributed by atoms with Crippen molar-refractivity contribution in [2.75, 3.05) is 108 Å². The van der Waals surface area contributed by atoms with Crippen molar-refractivity contribution in [1.82, 2.24) is 4.58 Å². The van der Waals surface area contributed by atoms with Crippen LogP contribution >= 0.6 is 11.8 Å². The summed E-state index contributed by atoms with van der Waals surface area (Å²) in [6.07, 6.45) is 0. The molecule has 0 amide bonds. The van der Waals surface area contributed by atoms with E-state index in [2.05, 4.69) is 58.0 Å². The summed E-state index contributed by atoms with van der Waals surface area (Å²) in [7, 11) is 10.9. The van der Waals surface area contributed by atoms with Crippen molar-refractivity contribution >= 4 is 51.7 Å². The minimum atomic E-state index is -0.346. The summed E-state index contributed by atoms with van der Waals surface area (Å²) in [5.41, 5.74) is 7.37. The van der Waals surface area contributed by atoms with Crippen LogP contribution in [0.5, 0.6) is 11.5 Å². The van der Waals surface area contributed by atoms with Gasteiger partial charge >= 0.3 is 11.9 Å². The number of aryl methyl sites for hydroxylation is 1. The van der Waals surface area contributed by atoms with Gasteiger partial charge in [0.2, 0.25) is 5.36 Å². The monoisotopic (exact) mass is 788 g/mol. The maximum absolute atomic E-state index is 12.8. The van der Waals surface area contributed by atoms with Gasteiger partial charge in [0.25, 0.3) is 0 Å². The van der Waals surface area contributed by atoms with E-state index in [1.54, 1.807) is 11.8 Å². The first-order chi connectivity index (χ1) is 26.1. The summed E-state index contributed by atoms with van der Waals surface area (Å²) in [4.78, 5) is 31.3. The number of esters is 2. The van der Waals surface area contributed by atoms with E-state index in [1.165, 1.54) is 14.2 Å². The molecule has 3 aromatic rings. The predicted octanol–water partition coefficient (Wildman–Crippen LogP) is 2.78. The molecule has 0 fully saturated rings. The van der Waals surface area contributed by atoms with Crippen molar-refractivity contribution in [3.05, 3.63) is 83.7 Å². The molecule has 55 heavy (non-hydrogen) atoms. The molecule has 6 rings (SSSR count). The van der Waals surface area contributed by atoms with E-state index in [9.17, 15) is 9.59 Å². The Balaban J connectivity index is 0.00000580. The zero-order valence-corrected chi connectivity index (χ0v) is 34.1. The number of ether oxygens (including phenoxy) is 4. The number of carbonyl (C=O) groups excluding carboxylic acids is 2. The Morgan fingerprint density at radius 2 is 1.42 bits per heavy atom. The number of thioether (sulfide) groups is 1. The van der Waals surface area contributed by atoms with Gasteiger partial charge in [0.1, 0.15) is 63.2 Å². The van der Waals surface area contributed by atoms with Gasteiger partial charge in [-0.25, -0.2) is 4.58 Å². The Bertz CT molecular complexity index is 2190. The molecule has 11 nitrogen and oxygen atoms in total. The molecule has 0 atom stereocenters. The molecule has 0 spiro atoms. The number of anilines is 3. The van der Waals surface area contributed by atoms with Gasteiger partial charge in [-0.2, -0.15) is 11.8 Å². The smallest absolute Gasteiger partial charge is 0.325 e.